The van der Waals surface area contributed by atoms with Crippen molar-refractivity contribution >= 4 is 34.9 Å². The molecule has 1 aromatic carbocycles. The molecule has 0 saturated heterocycles. The second kappa shape index (κ2) is 4.52. The van der Waals surface area contributed by atoms with E-state index in [0.717, 1.165) is 5.69 Å². The van der Waals surface area contributed by atoms with Gasteiger partial charge in [-0.25, -0.2) is 0 Å². The minimum atomic E-state index is -0.727. The molecule has 3 nitrogen and oxygen atoms in total. The molecule has 0 aromatic heterocycles. The number of halogens is 2. The van der Waals surface area contributed by atoms with Crippen LogP contribution in [0.1, 0.15) is 12.8 Å². The molecule has 0 bridgehead atoms. The van der Waals surface area contributed by atoms with E-state index in [-0.39, 0.29) is 12.0 Å². The highest BCUT2D eigenvalue weighted by Crippen LogP contribution is 2.35. The van der Waals surface area contributed by atoms with Crippen molar-refractivity contribution in [3.8, 4) is 0 Å². The topological polar surface area (TPSA) is 49.3 Å². The van der Waals surface area contributed by atoms with Gasteiger partial charge in [0.25, 0.3) is 0 Å². The predicted octanol–water partition coefficient (Wildman–Crippen LogP) is 3.27. The van der Waals surface area contributed by atoms with Crippen molar-refractivity contribution in [3.63, 3.8) is 0 Å². The summed E-state index contributed by atoms with van der Waals surface area (Å²) in [5, 5.41) is 12.9. The van der Waals surface area contributed by atoms with Crippen LogP contribution in [-0.4, -0.2) is 17.1 Å². The number of hydrogen-bond donors (Lipinski definition) is 2. The molecule has 1 aliphatic rings. The number of carboxylic acids is 1. The molecule has 1 fully saturated rings. The Kier molecular flexibility index (Phi) is 3.26. The van der Waals surface area contributed by atoms with E-state index in [1.165, 1.54) is 0 Å². The summed E-state index contributed by atoms with van der Waals surface area (Å²) in [4.78, 5) is 10.6. The van der Waals surface area contributed by atoms with Crippen LogP contribution in [0.25, 0.3) is 0 Å². The van der Waals surface area contributed by atoms with Crippen molar-refractivity contribution in [1.82, 2.24) is 0 Å². The molecule has 0 atom stereocenters. The van der Waals surface area contributed by atoms with E-state index in [0.29, 0.717) is 22.9 Å². The van der Waals surface area contributed by atoms with Gasteiger partial charge < -0.3 is 10.4 Å². The number of hydrogen-bond acceptors (Lipinski definition) is 2. The summed E-state index contributed by atoms with van der Waals surface area (Å²) >= 11 is 11.9. The summed E-state index contributed by atoms with van der Waals surface area (Å²) in [6.07, 6.45) is 1.27. The van der Waals surface area contributed by atoms with Crippen LogP contribution in [0, 0.1) is 5.92 Å². The molecule has 1 saturated carbocycles. The maximum atomic E-state index is 10.6. The lowest BCUT2D eigenvalue weighted by Gasteiger charge is -2.33. The molecule has 0 heterocycles. The third-order valence-corrected chi connectivity index (χ3v) is 3.62. The predicted molar refractivity (Wildman–Crippen MR) is 64.2 cm³/mol. The van der Waals surface area contributed by atoms with Crippen molar-refractivity contribution < 1.29 is 9.90 Å². The monoisotopic (exact) mass is 259 g/mol. The zero-order valence-electron chi connectivity index (χ0n) is 8.41. The fourth-order valence-electron chi connectivity index (χ4n) is 1.77. The average Bonchev–Trinajstić information content (AvgIpc) is 2.16. The number of benzene rings is 1. The number of carboxylic acid groups (broad SMARTS) is 1. The molecule has 1 aromatic rings. The lowest BCUT2D eigenvalue weighted by Crippen LogP contribution is -2.39. The van der Waals surface area contributed by atoms with E-state index < -0.39 is 5.97 Å². The molecular formula is C11H11Cl2NO2. The van der Waals surface area contributed by atoms with Crippen LogP contribution >= 0.6 is 23.2 Å². The van der Waals surface area contributed by atoms with Gasteiger partial charge in [0.1, 0.15) is 0 Å². The summed E-state index contributed by atoms with van der Waals surface area (Å²) in [7, 11) is 0. The fourth-order valence-corrected chi connectivity index (χ4v) is 2.13. The van der Waals surface area contributed by atoms with Crippen LogP contribution in [0.4, 0.5) is 5.69 Å². The van der Waals surface area contributed by atoms with E-state index in [1.54, 1.807) is 6.07 Å². The van der Waals surface area contributed by atoms with Crippen molar-refractivity contribution in [2.45, 2.75) is 18.9 Å². The van der Waals surface area contributed by atoms with Crippen LogP contribution in [0.15, 0.2) is 18.2 Å². The van der Waals surface area contributed by atoms with Crippen LogP contribution < -0.4 is 5.32 Å². The lowest BCUT2D eigenvalue weighted by molar-refractivity contribution is -0.144. The number of rotatable bonds is 3. The first-order chi connectivity index (χ1) is 7.58. The molecule has 0 spiro atoms. The number of aliphatic carboxylic acids is 1. The molecule has 2 rings (SSSR count). The van der Waals surface area contributed by atoms with Gasteiger partial charge in [0.15, 0.2) is 0 Å². The van der Waals surface area contributed by atoms with E-state index in [2.05, 4.69) is 5.32 Å². The molecule has 0 aliphatic heterocycles. The van der Waals surface area contributed by atoms with Crippen molar-refractivity contribution in [3.05, 3.63) is 28.2 Å². The standard InChI is InChI=1S/C11H11Cl2NO2/c12-8-2-1-3-9(10(8)13)14-7-4-6(5-7)11(15)16/h1-3,6-7,14H,4-5H2,(H,15,16). The molecule has 16 heavy (non-hydrogen) atoms. The molecule has 1 aliphatic carbocycles. The highest BCUT2D eigenvalue weighted by atomic mass is 35.5. The Labute approximate surface area is 103 Å². The van der Waals surface area contributed by atoms with Gasteiger partial charge in [-0.1, -0.05) is 29.3 Å². The Bertz CT molecular complexity index is 416. The van der Waals surface area contributed by atoms with Gasteiger partial charge in [-0.3, -0.25) is 4.79 Å². The summed E-state index contributed by atoms with van der Waals surface area (Å²) in [5.74, 6) is -0.953. The van der Waals surface area contributed by atoms with Crippen LogP contribution in [0.2, 0.25) is 10.0 Å². The first-order valence-corrected chi connectivity index (χ1v) is 5.77. The molecule has 2 N–H and O–H groups in total. The van der Waals surface area contributed by atoms with E-state index in [9.17, 15) is 4.79 Å². The highest BCUT2D eigenvalue weighted by molar-refractivity contribution is 6.43. The maximum Gasteiger partial charge on any atom is 0.306 e. The zero-order valence-corrected chi connectivity index (χ0v) is 9.92. The molecule has 0 amide bonds. The SMILES string of the molecule is O=C(O)C1CC(Nc2cccc(Cl)c2Cl)C1. The van der Waals surface area contributed by atoms with E-state index >= 15 is 0 Å². The van der Waals surface area contributed by atoms with E-state index in [4.69, 9.17) is 28.3 Å². The number of carbonyl (C=O) groups is 1. The van der Waals surface area contributed by atoms with Gasteiger partial charge >= 0.3 is 5.97 Å². The molecule has 0 unspecified atom stereocenters. The molecule has 5 heteroatoms. The minimum absolute atomic E-state index is 0.178. The summed E-state index contributed by atoms with van der Waals surface area (Å²) < 4.78 is 0. The van der Waals surface area contributed by atoms with Gasteiger partial charge in [-0.15, -0.1) is 0 Å². The Hall–Kier alpha value is -0.930. The second-order valence-electron chi connectivity index (χ2n) is 3.95. The van der Waals surface area contributed by atoms with Crippen molar-refractivity contribution in [1.29, 1.82) is 0 Å². The van der Waals surface area contributed by atoms with Gasteiger partial charge in [-0.2, -0.15) is 0 Å². The quantitative estimate of drug-likeness (QED) is 0.876. The highest BCUT2D eigenvalue weighted by Gasteiger charge is 2.34. The third kappa shape index (κ3) is 2.25. The largest absolute Gasteiger partial charge is 0.481 e. The number of anilines is 1. The summed E-state index contributed by atoms with van der Waals surface area (Å²) in [6, 6.07) is 5.54. The van der Waals surface area contributed by atoms with Crippen LogP contribution in [0.3, 0.4) is 0 Å². The van der Waals surface area contributed by atoms with Crippen LogP contribution in [-0.2, 0) is 4.79 Å². The first kappa shape index (κ1) is 11.6. The zero-order chi connectivity index (χ0) is 11.7. The average molecular weight is 260 g/mol. The lowest BCUT2D eigenvalue weighted by atomic mass is 9.80. The van der Waals surface area contributed by atoms with Crippen LogP contribution in [0.5, 0.6) is 0 Å². The molecular weight excluding hydrogens is 249 g/mol. The van der Waals surface area contributed by atoms with Crippen molar-refractivity contribution in [2.75, 3.05) is 5.32 Å². The van der Waals surface area contributed by atoms with Gasteiger partial charge in [-0.05, 0) is 25.0 Å². The third-order valence-electron chi connectivity index (χ3n) is 2.80. The molecule has 86 valence electrons. The summed E-state index contributed by atoms with van der Waals surface area (Å²) in [5.41, 5.74) is 0.767. The molecule has 0 radical (unpaired) electrons. The normalized spacial score (nSPS) is 23.6. The van der Waals surface area contributed by atoms with Gasteiger partial charge in [0, 0.05) is 6.04 Å². The minimum Gasteiger partial charge on any atom is -0.481 e. The Morgan fingerprint density at radius 3 is 2.69 bits per heavy atom. The number of nitrogens with one attached hydrogen (secondary N) is 1. The van der Waals surface area contributed by atoms with Crippen molar-refractivity contribution in [2.24, 2.45) is 5.92 Å². The maximum absolute atomic E-state index is 10.6. The smallest absolute Gasteiger partial charge is 0.306 e. The first-order valence-electron chi connectivity index (χ1n) is 5.01. The Morgan fingerprint density at radius 2 is 2.06 bits per heavy atom. The fraction of sp³-hybridized carbons (Fsp3) is 0.364. The Morgan fingerprint density at radius 1 is 1.38 bits per heavy atom. The summed E-state index contributed by atoms with van der Waals surface area (Å²) in [6.45, 7) is 0. The Balaban J connectivity index is 1.97. The van der Waals surface area contributed by atoms with Gasteiger partial charge in [0.2, 0.25) is 0 Å². The van der Waals surface area contributed by atoms with Gasteiger partial charge in [0.05, 0.1) is 21.7 Å². The van der Waals surface area contributed by atoms with E-state index in [1.807, 2.05) is 12.1 Å². The second-order valence-corrected chi connectivity index (χ2v) is 4.73.